The zero-order chi connectivity index (χ0) is 22.0. The van der Waals surface area contributed by atoms with E-state index >= 15 is 0 Å². The predicted molar refractivity (Wildman–Crippen MR) is 115 cm³/mol. The van der Waals surface area contributed by atoms with Gasteiger partial charge in [-0.15, -0.1) is 0 Å². The number of aromatic nitrogens is 4. The maximum atomic E-state index is 14.9. The molecular formula is C22H21FN6O2. The molecule has 0 aliphatic heterocycles. The zero-order valence-corrected chi connectivity index (χ0v) is 17.0. The first kappa shape index (κ1) is 20.4. The number of fused-ring (bicyclic) bond motifs is 1. The van der Waals surface area contributed by atoms with Crippen LogP contribution in [-0.4, -0.2) is 33.2 Å². The molecule has 0 bridgehead atoms. The lowest BCUT2D eigenvalue weighted by Gasteiger charge is -2.18. The van der Waals surface area contributed by atoms with Crippen LogP contribution in [0.4, 0.5) is 10.1 Å². The Kier molecular flexibility index (Phi) is 5.59. The number of amides is 1. The third kappa shape index (κ3) is 4.08. The van der Waals surface area contributed by atoms with E-state index < -0.39 is 11.7 Å². The summed E-state index contributed by atoms with van der Waals surface area (Å²) in [6.07, 6.45) is 4.65. The number of hydrogen-bond donors (Lipinski definition) is 3. The first-order chi connectivity index (χ1) is 15.0. The third-order valence-electron chi connectivity index (χ3n) is 4.98. The number of benzene rings is 1. The van der Waals surface area contributed by atoms with Crippen LogP contribution in [0.15, 0.2) is 48.9 Å². The Morgan fingerprint density at radius 1 is 1.26 bits per heavy atom. The van der Waals surface area contributed by atoms with Crippen LogP contribution < -0.4 is 11.1 Å². The van der Waals surface area contributed by atoms with Gasteiger partial charge in [0.05, 0.1) is 40.8 Å². The van der Waals surface area contributed by atoms with Crippen LogP contribution >= 0.6 is 0 Å². The number of nitrogens with zero attached hydrogens (tertiary/aromatic N) is 3. The Balaban J connectivity index is 1.84. The van der Waals surface area contributed by atoms with Crippen LogP contribution in [0.2, 0.25) is 0 Å². The van der Waals surface area contributed by atoms with E-state index in [1.54, 1.807) is 37.7 Å². The highest BCUT2D eigenvalue weighted by Gasteiger charge is 2.19. The molecule has 0 spiro atoms. The smallest absolute Gasteiger partial charge is 0.252 e. The molecule has 8 nitrogen and oxygen atoms in total. The van der Waals surface area contributed by atoms with Gasteiger partial charge >= 0.3 is 0 Å². The first-order valence-corrected chi connectivity index (χ1v) is 9.60. The number of anilines is 1. The monoisotopic (exact) mass is 420 g/mol. The highest BCUT2D eigenvalue weighted by atomic mass is 19.1. The third-order valence-corrected chi connectivity index (χ3v) is 4.98. The van der Waals surface area contributed by atoms with Crippen LogP contribution in [-0.2, 0) is 11.3 Å². The molecular weight excluding hydrogens is 399 g/mol. The number of carbonyl (C=O) groups is 1. The van der Waals surface area contributed by atoms with Gasteiger partial charge in [-0.05, 0) is 25.1 Å². The van der Waals surface area contributed by atoms with E-state index in [1.807, 2.05) is 13.0 Å². The minimum Gasteiger partial charge on any atom is -0.378 e. The van der Waals surface area contributed by atoms with E-state index in [0.717, 1.165) is 11.4 Å². The Hall–Kier alpha value is -3.85. The summed E-state index contributed by atoms with van der Waals surface area (Å²) in [5.74, 6) is -1.08. The van der Waals surface area contributed by atoms with Crippen molar-refractivity contribution in [2.75, 3.05) is 12.4 Å². The van der Waals surface area contributed by atoms with E-state index in [9.17, 15) is 9.18 Å². The number of ether oxygens (including phenoxy) is 1. The lowest BCUT2D eigenvalue weighted by molar-refractivity contribution is 0.100. The highest BCUT2D eigenvalue weighted by molar-refractivity contribution is 6.07. The average Bonchev–Trinajstić information content (AvgIpc) is 3.29. The molecule has 158 valence electrons. The van der Waals surface area contributed by atoms with Crippen LogP contribution in [0.25, 0.3) is 22.0 Å². The standard InChI is InChI=1S/C22H21FN6O2/c1-12(19-5-6-27-29-19)28-21-16-7-15(13-3-4-14(11-31-2)25-9-13)18(23)8-20(16)26-10-17(21)22(24)30/h3-10,12H,11H2,1-2H3,(H2,24,30)(H,26,28)(H,27,29)/t12-/m1/s1. The topological polar surface area (TPSA) is 119 Å². The number of H-pyrrole nitrogens is 1. The second-order valence-corrected chi connectivity index (χ2v) is 7.10. The van der Waals surface area contributed by atoms with Crippen LogP contribution in [0.1, 0.15) is 34.7 Å². The molecule has 0 saturated heterocycles. The van der Waals surface area contributed by atoms with Crippen molar-refractivity contribution in [2.24, 2.45) is 5.73 Å². The van der Waals surface area contributed by atoms with E-state index in [1.165, 1.54) is 12.3 Å². The summed E-state index contributed by atoms with van der Waals surface area (Å²) in [7, 11) is 1.58. The highest BCUT2D eigenvalue weighted by Crippen LogP contribution is 2.34. The Morgan fingerprint density at radius 3 is 2.74 bits per heavy atom. The van der Waals surface area contributed by atoms with Crippen molar-refractivity contribution in [3.63, 3.8) is 0 Å². The minimum atomic E-state index is -0.636. The molecule has 0 radical (unpaired) electrons. The van der Waals surface area contributed by atoms with Crippen molar-refractivity contribution < 1.29 is 13.9 Å². The van der Waals surface area contributed by atoms with Crippen LogP contribution in [0, 0.1) is 5.82 Å². The Morgan fingerprint density at radius 2 is 2.10 bits per heavy atom. The molecule has 1 atom stereocenters. The van der Waals surface area contributed by atoms with Crippen LogP contribution in [0.3, 0.4) is 0 Å². The van der Waals surface area contributed by atoms with Crippen molar-refractivity contribution >= 4 is 22.5 Å². The molecule has 1 aromatic carbocycles. The first-order valence-electron chi connectivity index (χ1n) is 9.60. The van der Waals surface area contributed by atoms with Gasteiger partial charge in [-0.1, -0.05) is 6.07 Å². The number of hydrogen-bond acceptors (Lipinski definition) is 6. The van der Waals surface area contributed by atoms with E-state index in [-0.39, 0.29) is 11.6 Å². The molecule has 0 aliphatic carbocycles. The summed E-state index contributed by atoms with van der Waals surface area (Å²) in [6, 6.07) is 8.12. The van der Waals surface area contributed by atoms with E-state index in [2.05, 4.69) is 25.5 Å². The zero-order valence-electron chi connectivity index (χ0n) is 17.0. The second kappa shape index (κ2) is 8.49. The van der Waals surface area contributed by atoms with E-state index in [4.69, 9.17) is 10.5 Å². The quantitative estimate of drug-likeness (QED) is 0.420. The SMILES string of the molecule is COCc1ccc(-c2cc3c(N[C@H](C)c4cc[nH]n4)c(C(N)=O)cnc3cc2F)cn1. The minimum absolute atomic E-state index is 0.209. The van der Waals surface area contributed by atoms with Gasteiger partial charge in [-0.25, -0.2) is 4.39 Å². The number of halogens is 1. The molecule has 4 rings (SSSR count). The number of carbonyl (C=O) groups excluding carboxylic acids is 1. The summed E-state index contributed by atoms with van der Waals surface area (Å²) in [5, 5.41) is 10.8. The molecule has 0 saturated carbocycles. The molecule has 9 heteroatoms. The summed E-state index contributed by atoms with van der Waals surface area (Å²) in [6.45, 7) is 2.27. The number of methoxy groups -OCH3 is 1. The van der Waals surface area contributed by atoms with Crippen molar-refractivity contribution in [3.05, 3.63) is 71.7 Å². The average molecular weight is 420 g/mol. The number of rotatable bonds is 7. The number of nitrogens with two attached hydrogens (primary N) is 1. The molecule has 1 amide bonds. The molecule has 3 aromatic heterocycles. The molecule has 0 fully saturated rings. The number of primary amides is 1. The molecule has 0 unspecified atom stereocenters. The van der Waals surface area contributed by atoms with Crippen LogP contribution in [0.5, 0.6) is 0 Å². The largest absolute Gasteiger partial charge is 0.378 e. The Bertz CT molecular complexity index is 1230. The summed E-state index contributed by atoms with van der Waals surface area (Å²) in [5.41, 5.74) is 9.08. The van der Waals surface area contributed by atoms with Gasteiger partial charge in [-0.2, -0.15) is 5.10 Å². The number of aromatic amines is 1. The van der Waals surface area contributed by atoms with Crippen molar-refractivity contribution in [1.29, 1.82) is 0 Å². The van der Waals surface area contributed by atoms with Crippen molar-refractivity contribution in [3.8, 4) is 11.1 Å². The summed E-state index contributed by atoms with van der Waals surface area (Å²) in [4.78, 5) is 20.6. The van der Waals surface area contributed by atoms with Gasteiger partial charge < -0.3 is 15.8 Å². The fraction of sp³-hybridized carbons (Fsp3) is 0.182. The van der Waals surface area contributed by atoms with Gasteiger partial charge in [0.2, 0.25) is 0 Å². The maximum absolute atomic E-state index is 14.9. The fourth-order valence-corrected chi connectivity index (χ4v) is 3.40. The van der Waals surface area contributed by atoms with E-state index in [0.29, 0.717) is 34.3 Å². The molecule has 31 heavy (non-hydrogen) atoms. The Labute approximate surface area is 177 Å². The molecule has 3 heterocycles. The number of nitrogens with one attached hydrogen (secondary N) is 2. The summed E-state index contributed by atoms with van der Waals surface area (Å²) >= 11 is 0. The van der Waals surface area contributed by atoms with Crippen molar-refractivity contribution in [2.45, 2.75) is 19.6 Å². The second-order valence-electron chi connectivity index (χ2n) is 7.10. The van der Waals surface area contributed by atoms with Gasteiger partial charge in [0, 0.05) is 48.3 Å². The molecule has 4 aromatic rings. The summed E-state index contributed by atoms with van der Waals surface area (Å²) < 4.78 is 20.0. The predicted octanol–water partition coefficient (Wildman–Crippen LogP) is 3.58. The van der Waals surface area contributed by atoms with Gasteiger partial charge in [0.1, 0.15) is 5.82 Å². The lowest BCUT2D eigenvalue weighted by atomic mass is 10.0. The van der Waals surface area contributed by atoms with Gasteiger partial charge in [0.15, 0.2) is 0 Å². The normalized spacial score (nSPS) is 12.1. The van der Waals surface area contributed by atoms with Gasteiger partial charge in [0.25, 0.3) is 5.91 Å². The molecule has 0 aliphatic rings. The van der Waals surface area contributed by atoms with Crippen molar-refractivity contribution in [1.82, 2.24) is 20.2 Å². The lowest BCUT2D eigenvalue weighted by Crippen LogP contribution is -2.17. The maximum Gasteiger partial charge on any atom is 0.252 e. The molecule has 4 N–H and O–H groups in total. The fourth-order valence-electron chi connectivity index (χ4n) is 3.40. The van der Waals surface area contributed by atoms with Gasteiger partial charge in [-0.3, -0.25) is 19.9 Å². The number of pyridine rings is 2.